The first-order chi connectivity index (χ1) is 9.40. The van der Waals surface area contributed by atoms with Gasteiger partial charge in [0.25, 0.3) is 0 Å². The monoisotopic (exact) mass is 273 g/mol. The number of benzene rings is 1. The minimum absolute atomic E-state index is 0.119. The summed E-state index contributed by atoms with van der Waals surface area (Å²) in [5.74, 6) is 0.524. The van der Waals surface area contributed by atoms with Gasteiger partial charge in [0.1, 0.15) is 0 Å². The third-order valence-corrected chi connectivity index (χ3v) is 4.72. The van der Waals surface area contributed by atoms with Crippen LogP contribution in [-0.2, 0) is 0 Å². The predicted molar refractivity (Wildman–Crippen MR) is 84.6 cm³/mol. The molecule has 1 aromatic carbocycles. The molecule has 0 bridgehead atoms. The summed E-state index contributed by atoms with van der Waals surface area (Å²) in [6.07, 6.45) is 2.85. The van der Waals surface area contributed by atoms with Crippen molar-refractivity contribution < 1.29 is 5.11 Å². The fraction of sp³-hybridized carbons (Fsp3) is 0.556. The summed E-state index contributed by atoms with van der Waals surface area (Å²) in [7, 11) is 0. The van der Waals surface area contributed by atoms with Gasteiger partial charge in [-0.05, 0) is 51.5 Å². The summed E-state index contributed by atoms with van der Waals surface area (Å²) in [5.41, 5.74) is 1.87. The van der Waals surface area contributed by atoms with Gasteiger partial charge in [0.05, 0.1) is 5.60 Å². The number of rotatable bonds is 4. The summed E-state index contributed by atoms with van der Waals surface area (Å²) in [6.45, 7) is 10.3. The van der Waals surface area contributed by atoms with E-state index >= 15 is 0 Å². The molecular formula is C18H27NO. The fourth-order valence-electron chi connectivity index (χ4n) is 3.13. The van der Waals surface area contributed by atoms with Gasteiger partial charge < -0.3 is 10.4 Å². The molecule has 0 unspecified atom stereocenters. The van der Waals surface area contributed by atoms with Gasteiger partial charge in [-0.2, -0.15) is 0 Å². The SMILES string of the molecule is C=C(C)[C@@H]1CC[C@](C)(O)[C@@H](N[C@H](C)c2ccccc2)C1. The van der Waals surface area contributed by atoms with Crippen molar-refractivity contribution in [3.05, 3.63) is 48.0 Å². The van der Waals surface area contributed by atoms with Crippen LogP contribution in [0.5, 0.6) is 0 Å². The van der Waals surface area contributed by atoms with Gasteiger partial charge in [0.2, 0.25) is 0 Å². The molecule has 2 nitrogen and oxygen atoms in total. The Labute approximate surface area is 122 Å². The van der Waals surface area contributed by atoms with Crippen LogP contribution in [0.2, 0.25) is 0 Å². The van der Waals surface area contributed by atoms with Crippen molar-refractivity contribution in [2.24, 2.45) is 5.92 Å². The van der Waals surface area contributed by atoms with E-state index in [9.17, 15) is 5.11 Å². The van der Waals surface area contributed by atoms with Crippen LogP contribution in [0.4, 0.5) is 0 Å². The van der Waals surface area contributed by atoms with Crippen molar-refractivity contribution in [2.45, 2.75) is 57.7 Å². The molecule has 110 valence electrons. The van der Waals surface area contributed by atoms with Crippen LogP contribution in [0, 0.1) is 5.92 Å². The maximum atomic E-state index is 10.6. The number of allylic oxidation sites excluding steroid dienone is 1. The molecule has 20 heavy (non-hydrogen) atoms. The van der Waals surface area contributed by atoms with Crippen molar-refractivity contribution in [3.8, 4) is 0 Å². The smallest absolute Gasteiger partial charge is 0.0772 e. The second-order valence-corrected chi connectivity index (χ2v) is 6.53. The van der Waals surface area contributed by atoms with E-state index in [1.165, 1.54) is 11.1 Å². The number of hydrogen-bond acceptors (Lipinski definition) is 2. The highest BCUT2D eigenvalue weighted by atomic mass is 16.3. The zero-order chi connectivity index (χ0) is 14.8. The van der Waals surface area contributed by atoms with Crippen LogP contribution >= 0.6 is 0 Å². The van der Waals surface area contributed by atoms with Crippen LogP contribution in [0.1, 0.15) is 51.6 Å². The second kappa shape index (κ2) is 6.11. The van der Waals surface area contributed by atoms with Crippen molar-refractivity contribution >= 4 is 0 Å². The summed E-state index contributed by atoms with van der Waals surface area (Å²) >= 11 is 0. The fourth-order valence-corrected chi connectivity index (χ4v) is 3.13. The maximum absolute atomic E-state index is 10.6. The third kappa shape index (κ3) is 3.50. The van der Waals surface area contributed by atoms with Crippen LogP contribution in [0.15, 0.2) is 42.5 Å². The quantitative estimate of drug-likeness (QED) is 0.817. The lowest BCUT2D eigenvalue weighted by atomic mass is 9.73. The molecule has 1 aliphatic carbocycles. The molecule has 1 aliphatic rings. The molecule has 4 atom stereocenters. The maximum Gasteiger partial charge on any atom is 0.0772 e. The molecule has 1 fully saturated rings. The molecule has 2 N–H and O–H groups in total. The number of nitrogens with one attached hydrogen (secondary N) is 1. The van der Waals surface area contributed by atoms with Gasteiger partial charge in [0.15, 0.2) is 0 Å². The van der Waals surface area contributed by atoms with Gasteiger partial charge in [-0.15, -0.1) is 0 Å². The molecular weight excluding hydrogens is 246 g/mol. The van der Waals surface area contributed by atoms with Gasteiger partial charge >= 0.3 is 0 Å². The van der Waals surface area contributed by atoms with Crippen LogP contribution < -0.4 is 5.32 Å². The zero-order valence-electron chi connectivity index (χ0n) is 12.9. The van der Waals surface area contributed by atoms with Gasteiger partial charge in [0, 0.05) is 12.1 Å². The molecule has 0 radical (unpaired) electrons. The van der Waals surface area contributed by atoms with Gasteiger partial charge in [-0.25, -0.2) is 0 Å². The summed E-state index contributed by atoms with van der Waals surface area (Å²) < 4.78 is 0. The Hall–Kier alpha value is -1.12. The van der Waals surface area contributed by atoms with E-state index in [1.54, 1.807) is 0 Å². The summed E-state index contributed by atoms with van der Waals surface area (Å²) in [4.78, 5) is 0. The van der Waals surface area contributed by atoms with Crippen molar-refractivity contribution in [1.29, 1.82) is 0 Å². The first-order valence-corrected chi connectivity index (χ1v) is 7.59. The summed E-state index contributed by atoms with van der Waals surface area (Å²) in [6, 6.07) is 10.8. The minimum Gasteiger partial charge on any atom is -0.389 e. The molecule has 0 spiro atoms. The van der Waals surface area contributed by atoms with Gasteiger partial charge in [-0.1, -0.05) is 42.5 Å². The van der Waals surface area contributed by atoms with E-state index in [4.69, 9.17) is 0 Å². The summed E-state index contributed by atoms with van der Waals surface area (Å²) in [5, 5.41) is 14.3. The Balaban J connectivity index is 2.07. The first kappa shape index (κ1) is 15.3. The van der Waals surface area contributed by atoms with Crippen molar-refractivity contribution in [2.75, 3.05) is 0 Å². The predicted octanol–water partition coefficient (Wildman–Crippen LogP) is 3.83. The van der Waals surface area contributed by atoms with E-state index in [-0.39, 0.29) is 12.1 Å². The Bertz CT molecular complexity index is 452. The zero-order valence-corrected chi connectivity index (χ0v) is 12.9. The van der Waals surface area contributed by atoms with Crippen LogP contribution in [0.3, 0.4) is 0 Å². The average Bonchev–Trinajstić information content (AvgIpc) is 2.41. The lowest BCUT2D eigenvalue weighted by Crippen LogP contribution is -2.53. The molecule has 2 rings (SSSR count). The first-order valence-electron chi connectivity index (χ1n) is 7.59. The molecule has 1 aromatic rings. The largest absolute Gasteiger partial charge is 0.389 e. The van der Waals surface area contributed by atoms with Crippen molar-refractivity contribution in [1.82, 2.24) is 5.32 Å². The van der Waals surface area contributed by atoms with Crippen LogP contribution in [-0.4, -0.2) is 16.7 Å². The molecule has 2 heteroatoms. The Kier molecular flexibility index (Phi) is 4.66. The normalized spacial score (nSPS) is 31.8. The molecule has 0 aromatic heterocycles. The van der Waals surface area contributed by atoms with Crippen molar-refractivity contribution in [3.63, 3.8) is 0 Å². The highest BCUT2D eigenvalue weighted by molar-refractivity contribution is 5.19. The minimum atomic E-state index is -0.630. The van der Waals surface area contributed by atoms with Crippen LogP contribution in [0.25, 0.3) is 0 Å². The van der Waals surface area contributed by atoms with Gasteiger partial charge in [-0.3, -0.25) is 0 Å². The van der Waals surface area contributed by atoms with E-state index in [2.05, 4.69) is 50.0 Å². The molecule has 1 saturated carbocycles. The molecule has 0 heterocycles. The highest BCUT2D eigenvalue weighted by Gasteiger charge is 2.39. The second-order valence-electron chi connectivity index (χ2n) is 6.53. The van der Waals surface area contributed by atoms with E-state index in [1.807, 2.05) is 13.0 Å². The van der Waals surface area contributed by atoms with E-state index in [0.717, 1.165) is 19.3 Å². The number of hydrogen-bond donors (Lipinski definition) is 2. The molecule has 0 amide bonds. The molecule has 0 saturated heterocycles. The van der Waals surface area contributed by atoms with E-state index in [0.29, 0.717) is 5.92 Å². The Morgan fingerprint density at radius 2 is 2.05 bits per heavy atom. The third-order valence-electron chi connectivity index (χ3n) is 4.72. The van der Waals surface area contributed by atoms with E-state index < -0.39 is 5.60 Å². The average molecular weight is 273 g/mol. The topological polar surface area (TPSA) is 32.3 Å². The highest BCUT2D eigenvalue weighted by Crippen LogP contribution is 2.36. The Morgan fingerprint density at radius 3 is 2.65 bits per heavy atom. The standard InChI is InChI=1S/C18H27NO/c1-13(2)16-10-11-18(4,20)17(12-16)19-14(3)15-8-6-5-7-9-15/h5-9,14,16-17,19-20H,1,10-12H2,2-4H3/t14-,16-,17+,18+/m1/s1. The number of aliphatic hydroxyl groups is 1. The lowest BCUT2D eigenvalue weighted by molar-refractivity contribution is -0.0232. The molecule has 0 aliphatic heterocycles. The lowest BCUT2D eigenvalue weighted by Gasteiger charge is -2.43. The Morgan fingerprint density at radius 1 is 1.40 bits per heavy atom.